The molecule has 1 heterocycles. The summed E-state index contributed by atoms with van der Waals surface area (Å²) in [4.78, 5) is 2.10. The lowest BCUT2D eigenvalue weighted by atomic mass is 9.62. The lowest BCUT2D eigenvalue weighted by Gasteiger charge is -2.48. The summed E-state index contributed by atoms with van der Waals surface area (Å²) in [7, 11) is 0. The normalized spacial score (nSPS) is 21.3. The molecule has 2 N–H and O–H groups in total. The van der Waals surface area contributed by atoms with E-state index in [9.17, 15) is 5.11 Å². The maximum absolute atomic E-state index is 10.4. The van der Waals surface area contributed by atoms with Crippen LogP contribution in [0.15, 0.2) is 30.5 Å². The van der Waals surface area contributed by atoms with E-state index in [1.807, 2.05) is 12.1 Å². The summed E-state index contributed by atoms with van der Waals surface area (Å²) in [5.74, 6) is 0.923. The molecule has 1 aromatic rings. The Morgan fingerprint density at radius 2 is 1.91 bits per heavy atom. The number of nitrogens with zero attached hydrogens (tertiary/aromatic N) is 1. The first kappa shape index (κ1) is 16.4. The van der Waals surface area contributed by atoms with Gasteiger partial charge in [0.2, 0.25) is 0 Å². The number of hydrogen-bond donors (Lipinski definition) is 2. The average molecular weight is 333 g/mol. The molecule has 23 heavy (non-hydrogen) atoms. The Hall–Kier alpha value is -1.48. The van der Waals surface area contributed by atoms with Crippen LogP contribution in [0.25, 0.3) is 0 Å². The molecular weight excluding hydrogens is 308 g/mol. The molecule has 0 aromatic heterocycles. The van der Waals surface area contributed by atoms with Crippen LogP contribution in [0.4, 0.5) is 0 Å². The van der Waals surface area contributed by atoms with Gasteiger partial charge in [-0.3, -0.25) is 5.41 Å². The molecule has 4 heteroatoms. The number of benzene rings is 1. The van der Waals surface area contributed by atoms with Crippen molar-refractivity contribution >= 4 is 17.4 Å². The summed E-state index contributed by atoms with van der Waals surface area (Å²) in [6, 6.07) is 5.38. The Morgan fingerprint density at radius 1 is 1.17 bits per heavy atom. The standard InChI is InChI=1S/C19H25ClN2O/c1-14(22-12-5-3-2-4-7-18(22)21)19(10-6-11-19)16-9-8-15(20)13-17(16)23/h8-9,13,21,23H,1-7,10-12H2. The molecule has 0 bridgehead atoms. The Balaban J connectivity index is 1.92. The number of halogens is 1. The van der Waals surface area contributed by atoms with Crippen molar-refractivity contribution in [1.29, 1.82) is 5.41 Å². The molecule has 1 aliphatic heterocycles. The number of phenols is 1. The number of amidine groups is 1. The van der Waals surface area contributed by atoms with Gasteiger partial charge < -0.3 is 10.0 Å². The minimum absolute atomic E-state index is 0.236. The van der Waals surface area contributed by atoms with Crippen molar-refractivity contribution in [3.05, 3.63) is 41.1 Å². The Kier molecular flexibility index (Phi) is 4.67. The molecule has 0 amide bonds. The summed E-state index contributed by atoms with van der Waals surface area (Å²) < 4.78 is 0. The fourth-order valence-corrected chi connectivity index (χ4v) is 4.06. The molecule has 0 spiro atoms. The fourth-order valence-electron chi connectivity index (χ4n) is 3.90. The molecule has 3 rings (SSSR count). The second kappa shape index (κ2) is 6.56. The number of nitrogens with one attached hydrogen (secondary N) is 1. The van der Waals surface area contributed by atoms with Crippen LogP contribution in [0.5, 0.6) is 5.75 Å². The molecule has 1 saturated carbocycles. The highest BCUT2D eigenvalue weighted by atomic mass is 35.5. The van der Waals surface area contributed by atoms with Crippen molar-refractivity contribution in [2.45, 2.75) is 56.8 Å². The van der Waals surface area contributed by atoms with Crippen molar-refractivity contribution in [1.82, 2.24) is 4.90 Å². The van der Waals surface area contributed by atoms with Crippen LogP contribution >= 0.6 is 11.6 Å². The molecule has 2 aliphatic rings. The predicted octanol–water partition coefficient (Wildman–Crippen LogP) is 5.22. The van der Waals surface area contributed by atoms with Crippen molar-refractivity contribution in [3.8, 4) is 5.75 Å². The van der Waals surface area contributed by atoms with Crippen molar-refractivity contribution in [2.24, 2.45) is 0 Å². The second-order valence-corrected chi connectivity index (χ2v) is 7.24. The van der Waals surface area contributed by atoms with E-state index in [1.165, 1.54) is 12.8 Å². The van der Waals surface area contributed by atoms with Gasteiger partial charge in [-0.15, -0.1) is 0 Å². The Labute approximate surface area is 143 Å². The van der Waals surface area contributed by atoms with Gasteiger partial charge in [0, 0.05) is 34.7 Å². The second-order valence-electron chi connectivity index (χ2n) is 6.81. The molecule has 2 fully saturated rings. The number of rotatable bonds is 3. The van der Waals surface area contributed by atoms with E-state index in [0.29, 0.717) is 10.9 Å². The topological polar surface area (TPSA) is 47.3 Å². The lowest BCUT2D eigenvalue weighted by molar-refractivity contribution is 0.234. The molecule has 3 nitrogen and oxygen atoms in total. The third-order valence-electron chi connectivity index (χ3n) is 5.43. The van der Waals surface area contributed by atoms with E-state index in [0.717, 1.165) is 56.3 Å². The van der Waals surface area contributed by atoms with E-state index in [1.54, 1.807) is 6.07 Å². The summed E-state index contributed by atoms with van der Waals surface area (Å²) in [6.07, 6.45) is 8.52. The first-order chi connectivity index (χ1) is 11.0. The van der Waals surface area contributed by atoms with Crippen LogP contribution in [0.2, 0.25) is 5.02 Å². The first-order valence-electron chi connectivity index (χ1n) is 8.58. The van der Waals surface area contributed by atoms with E-state index in [4.69, 9.17) is 17.0 Å². The van der Waals surface area contributed by atoms with Gasteiger partial charge in [-0.25, -0.2) is 0 Å². The van der Waals surface area contributed by atoms with E-state index in [-0.39, 0.29) is 11.2 Å². The minimum Gasteiger partial charge on any atom is -0.508 e. The van der Waals surface area contributed by atoms with Gasteiger partial charge in [0.05, 0.1) is 5.84 Å². The van der Waals surface area contributed by atoms with Gasteiger partial charge in [0.25, 0.3) is 0 Å². The van der Waals surface area contributed by atoms with Crippen LogP contribution in [0.3, 0.4) is 0 Å². The molecular formula is C19H25ClN2O. The summed E-state index contributed by atoms with van der Waals surface area (Å²) in [5, 5.41) is 19.4. The SMILES string of the molecule is C=C(N1CCCCCCC1=N)C1(c2ccc(Cl)cc2O)CCC1. The Bertz CT molecular complexity index is 622. The van der Waals surface area contributed by atoms with Crippen molar-refractivity contribution < 1.29 is 5.11 Å². The maximum Gasteiger partial charge on any atom is 0.121 e. The number of aromatic hydroxyl groups is 1. The number of phenolic OH excluding ortho intramolecular Hbond substituents is 1. The fraction of sp³-hybridized carbons (Fsp3) is 0.526. The number of hydrogen-bond acceptors (Lipinski definition) is 2. The Morgan fingerprint density at radius 3 is 2.57 bits per heavy atom. The summed E-state index contributed by atoms with van der Waals surface area (Å²) >= 11 is 5.99. The third-order valence-corrected chi connectivity index (χ3v) is 5.67. The molecule has 124 valence electrons. The van der Waals surface area contributed by atoms with Crippen LogP contribution in [0, 0.1) is 5.41 Å². The summed E-state index contributed by atoms with van der Waals surface area (Å²) in [6.45, 7) is 5.24. The molecule has 0 radical (unpaired) electrons. The van der Waals surface area contributed by atoms with Crippen LogP contribution in [0.1, 0.15) is 56.9 Å². The molecule has 1 aliphatic carbocycles. The van der Waals surface area contributed by atoms with Crippen LogP contribution in [-0.2, 0) is 5.41 Å². The average Bonchev–Trinajstić information content (AvgIpc) is 2.44. The molecule has 0 unspecified atom stereocenters. The lowest BCUT2D eigenvalue weighted by Crippen LogP contribution is -2.45. The molecule has 1 aromatic carbocycles. The first-order valence-corrected chi connectivity index (χ1v) is 8.96. The monoisotopic (exact) mass is 332 g/mol. The zero-order valence-corrected chi connectivity index (χ0v) is 14.3. The van der Waals surface area contributed by atoms with Gasteiger partial charge in [-0.05, 0) is 37.8 Å². The van der Waals surface area contributed by atoms with Crippen molar-refractivity contribution in [2.75, 3.05) is 6.54 Å². The molecule has 0 atom stereocenters. The zero-order chi connectivity index (χ0) is 16.4. The largest absolute Gasteiger partial charge is 0.508 e. The highest BCUT2D eigenvalue weighted by Gasteiger charge is 2.45. The summed E-state index contributed by atoms with van der Waals surface area (Å²) in [5.41, 5.74) is 1.65. The third kappa shape index (κ3) is 2.99. The van der Waals surface area contributed by atoms with E-state index < -0.39 is 0 Å². The van der Waals surface area contributed by atoms with Crippen LogP contribution in [-0.4, -0.2) is 22.4 Å². The zero-order valence-electron chi connectivity index (χ0n) is 13.6. The molecule has 1 saturated heterocycles. The van der Waals surface area contributed by atoms with E-state index in [2.05, 4.69) is 11.5 Å². The van der Waals surface area contributed by atoms with Gasteiger partial charge in [-0.1, -0.05) is 43.5 Å². The highest BCUT2D eigenvalue weighted by molar-refractivity contribution is 6.30. The predicted molar refractivity (Wildman–Crippen MR) is 95.3 cm³/mol. The van der Waals surface area contributed by atoms with Gasteiger partial charge in [0.15, 0.2) is 0 Å². The van der Waals surface area contributed by atoms with Crippen molar-refractivity contribution in [3.63, 3.8) is 0 Å². The maximum atomic E-state index is 10.4. The quantitative estimate of drug-likeness (QED) is 0.796. The van der Waals surface area contributed by atoms with E-state index >= 15 is 0 Å². The van der Waals surface area contributed by atoms with Gasteiger partial charge >= 0.3 is 0 Å². The number of likely N-dealkylation sites (tertiary alicyclic amines) is 1. The van der Waals surface area contributed by atoms with Gasteiger partial charge in [-0.2, -0.15) is 0 Å². The highest BCUT2D eigenvalue weighted by Crippen LogP contribution is 2.52. The van der Waals surface area contributed by atoms with Crippen LogP contribution < -0.4 is 0 Å². The smallest absolute Gasteiger partial charge is 0.121 e. The van der Waals surface area contributed by atoms with Gasteiger partial charge in [0.1, 0.15) is 5.75 Å². The minimum atomic E-state index is -0.236. The number of allylic oxidation sites excluding steroid dienone is 1.